The first kappa shape index (κ1) is 28.5. The highest BCUT2D eigenvalue weighted by atomic mass is 32.2. The van der Waals surface area contributed by atoms with E-state index in [9.17, 15) is 23.4 Å². The minimum Gasteiger partial charge on any atom is -0.478 e. The minimum atomic E-state index is -3.86. The van der Waals surface area contributed by atoms with Gasteiger partial charge in [0.05, 0.1) is 16.6 Å². The van der Waals surface area contributed by atoms with Gasteiger partial charge in [-0.25, -0.2) is 13.2 Å². The van der Waals surface area contributed by atoms with Crippen molar-refractivity contribution in [3.8, 4) is 11.1 Å². The van der Waals surface area contributed by atoms with Crippen LogP contribution in [0.1, 0.15) is 42.6 Å². The molecule has 3 aromatic rings. The van der Waals surface area contributed by atoms with E-state index in [4.69, 9.17) is 0 Å². The number of carboxylic acid groups (broad SMARTS) is 1. The van der Waals surface area contributed by atoms with Crippen LogP contribution in [0.2, 0.25) is 0 Å². The van der Waals surface area contributed by atoms with Crippen LogP contribution in [0, 0.1) is 0 Å². The van der Waals surface area contributed by atoms with Gasteiger partial charge in [0.25, 0.3) is 0 Å². The standard InChI is InChI=1S/C29H36N2O5S/c1-29(2,17-9-12-22-10-5-4-6-11-22)30-20-26(32)21-31(3)37(35,36)27-16-8-14-24(19-27)23-13-7-15-25(18-23)28(33)34/h4-8,10-11,13-16,18-19,26,30,32H,9,12,17,20-21H2,1-3H3,(H,33,34). The Balaban J connectivity index is 1.57. The molecular weight excluding hydrogens is 488 g/mol. The number of rotatable bonds is 13. The summed E-state index contributed by atoms with van der Waals surface area (Å²) in [6, 6.07) is 23.0. The van der Waals surface area contributed by atoms with Gasteiger partial charge in [0.1, 0.15) is 0 Å². The molecule has 0 spiro atoms. The Kier molecular flexibility index (Phi) is 9.62. The Morgan fingerprint density at radius 1 is 0.973 bits per heavy atom. The van der Waals surface area contributed by atoms with Crippen molar-refractivity contribution in [3.63, 3.8) is 0 Å². The van der Waals surface area contributed by atoms with E-state index in [-0.39, 0.29) is 29.1 Å². The smallest absolute Gasteiger partial charge is 0.335 e. The lowest BCUT2D eigenvalue weighted by Gasteiger charge is -2.29. The number of sulfonamides is 1. The van der Waals surface area contributed by atoms with Crippen molar-refractivity contribution in [1.82, 2.24) is 9.62 Å². The largest absolute Gasteiger partial charge is 0.478 e. The third kappa shape index (κ3) is 8.23. The van der Waals surface area contributed by atoms with Gasteiger partial charge in [-0.05, 0) is 74.1 Å². The van der Waals surface area contributed by atoms with E-state index in [1.54, 1.807) is 24.3 Å². The van der Waals surface area contributed by atoms with Crippen LogP contribution in [-0.2, 0) is 16.4 Å². The number of β-amino-alcohol motifs (C(OH)–C–C–N with tert-alkyl or cyclic N) is 1. The zero-order valence-corrected chi connectivity index (χ0v) is 22.4. The molecule has 0 saturated heterocycles. The Hall–Kier alpha value is -3.04. The molecule has 0 aliphatic heterocycles. The third-order valence-electron chi connectivity index (χ3n) is 6.38. The molecule has 0 aliphatic carbocycles. The van der Waals surface area contributed by atoms with Crippen molar-refractivity contribution in [2.24, 2.45) is 0 Å². The molecule has 0 radical (unpaired) electrons. The molecule has 1 atom stereocenters. The van der Waals surface area contributed by atoms with Crippen LogP contribution in [-0.4, -0.2) is 60.7 Å². The second kappa shape index (κ2) is 12.5. The van der Waals surface area contributed by atoms with Crippen LogP contribution in [0.3, 0.4) is 0 Å². The first-order valence-electron chi connectivity index (χ1n) is 12.3. The summed E-state index contributed by atoms with van der Waals surface area (Å²) in [5.41, 5.74) is 2.42. The topological polar surface area (TPSA) is 107 Å². The summed E-state index contributed by atoms with van der Waals surface area (Å²) in [5, 5.41) is 23.2. The van der Waals surface area contributed by atoms with Gasteiger partial charge in [-0.15, -0.1) is 0 Å². The van der Waals surface area contributed by atoms with E-state index in [0.29, 0.717) is 11.1 Å². The molecule has 0 bridgehead atoms. The average Bonchev–Trinajstić information content (AvgIpc) is 2.88. The summed E-state index contributed by atoms with van der Waals surface area (Å²) in [4.78, 5) is 11.4. The van der Waals surface area contributed by atoms with E-state index >= 15 is 0 Å². The number of hydrogen-bond donors (Lipinski definition) is 3. The fourth-order valence-electron chi connectivity index (χ4n) is 4.17. The van der Waals surface area contributed by atoms with E-state index < -0.39 is 22.1 Å². The predicted molar refractivity (Wildman–Crippen MR) is 146 cm³/mol. The Morgan fingerprint density at radius 3 is 2.30 bits per heavy atom. The van der Waals surface area contributed by atoms with E-state index in [1.807, 2.05) is 18.2 Å². The molecule has 198 valence electrons. The van der Waals surface area contributed by atoms with Crippen molar-refractivity contribution < 1.29 is 23.4 Å². The number of nitrogens with zero attached hydrogens (tertiary/aromatic N) is 1. The highest BCUT2D eigenvalue weighted by Crippen LogP contribution is 2.25. The number of benzene rings is 3. The molecule has 8 heteroatoms. The summed E-state index contributed by atoms with van der Waals surface area (Å²) < 4.78 is 27.6. The van der Waals surface area contributed by atoms with Gasteiger partial charge in [-0.2, -0.15) is 4.31 Å². The predicted octanol–water partition coefficient (Wildman–Crippen LogP) is 4.42. The molecule has 0 amide bonds. The summed E-state index contributed by atoms with van der Waals surface area (Å²) in [7, 11) is -2.41. The zero-order valence-electron chi connectivity index (χ0n) is 21.6. The second-order valence-electron chi connectivity index (χ2n) is 9.96. The third-order valence-corrected chi connectivity index (χ3v) is 8.20. The van der Waals surface area contributed by atoms with Crippen LogP contribution >= 0.6 is 0 Å². The normalized spacial score (nSPS) is 13.0. The molecule has 37 heavy (non-hydrogen) atoms. The van der Waals surface area contributed by atoms with Gasteiger partial charge in [-0.1, -0.05) is 54.6 Å². The number of hydrogen-bond acceptors (Lipinski definition) is 5. The van der Waals surface area contributed by atoms with Gasteiger partial charge in [-0.3, -0.25) is 0 Å². The van der Waals surface area contributed by atoms with Gasteiger partial charge >= 0.3 is 5.97 Å². The summed E-state index contributed by atoms with van der Waals surface area (Å²) in [5.74, 6) is -1.05. The molecule has 3 rings (SSSR count). The first-order valence-corrected chi connectivity index (χ1v) is 13.8. The number of aliphatic hydroxyl groups is 1. The van der Waals surface area contributed by atoms with E-state index in [0.717, 1.165) is 23.6 Å². The van der Waals surface area contributed by atoms with Gasteiger partial charge < -0.3 is 15.5 Å². The van der Waals surface area contributed by atoms with Crippen LogP contribution in [0.25, 0.3) is 11.1 Å². The Bertz CT molecular complexity index is 1290. The lowest BCUT2D eigenvalue weighted by Crippen LogP contribution is -2.46. The van der Waals surface area contributed by atoms with E-state index in [2.05, 4.69) is 31.3 Å². The Labute approximate surface area is 219 Å². The maximum Gasteiger partial charge on any atom is 0.335 e. The summed E-state index contributed by atoms with van der Waals surface area (Å²) >= 11 is 0. The maximum atomic E-state index is 13.2. The molecule has 7 nitrogen and oxygen atoms in total. The Morgan fingerprint density at radius 2 is 1.62 bits per heavy atom. The molecule has 1 unspecified atom stereocenters. The van der Waals surface area contributed by atoms with Crippen LogP contribution in [0.15, 0.2) is 83.8 Å². The number of aromatic carboxylic acids is 1. The number of nitrogens with one attached hydrogen (secondary N) is 1. The maximum absolute atomic E-state index is 13.2. The van der Waals surface area contributed by atoms with Crippen molar-refractivity contribution in [3.05, 3.63) is 90.0 Å². The fraction of sp³-hybridized carbons (Fsp3) is 0.345. The minimum absolute atomic E-state index is 0.0614. The molecule has 0 fully saturated rings. The molecule has 0 heterocycles. The second-order valence-corrected chi connectivity index (χ2v) is 12.0. The number of carbonyl (C=O) groups is 1. The monoisotopic (exact) mass is 524 g/mol. The van der Waals surface area contributed by atoms with Gasteiger partial charge in [0.15, 0.2) is 0 Å². The van der Waals surface area contributed by atoms with Gasteiger partial charge in [0, 0.05) is 25.7 Å². The molecule has 3 N–H and O–H groups in total. The SMILES string of the molecule is CN(CC(O)CNC(C)(C)CCCc1ccccc1)S(=O)(=O)c1cccc(-c2cccc(C(=O)O)c2)c1. The van der Waals surface area contributed by atoms with Crippen molar-refractivity contribution in [1.29, 1.82) is 0 Å². The van der Waals surface area contributed by atoms with Gasteiger partial charge in [0.2, 0.25) is 10.0 Å². The number of aliphatic hydroxyl groups excluding tert-OH is 1. The molecule has 3 aromatic carbocycles. The van der Waals surface area contributed by atoms with E-state index in [1.165, 1.54) is 36.9 Å². The summed E-state index contributed by atoms with van der Waals surface area (Å²) in [6.07, 6.45) is 2.01. The van der Waals surface area contributed by atoms with Crippen LogP contribution in [0.4, 0.5) is 0 Å². The molecule has 0 saturated carbocycles. The first-order chi connectivity index (χ1) is 17.5. The molecule has 0 aliphatic rings. The molecule has 0 aromatic heterocycles. The lowest BCUT2D eigenvalue weighted by molar-refractivity contribution is 0.0697. The number of aryl methyl sites for hydroxylation is 1. The summed E-state index contributed by atoms with van der Waals surface area (Å²) in [6.45, 7) is 4.36. The van der Waals surface area contributed by atoms with Crippen molar-refractivity contribution in [2.45, 2.75) is 49.6 Å². The molecular formula is C29H36N2O5S. The van der Waals surface area contributed by atoms with Crippen LogP contribution in [0.5, 0.6) is 0 Å². The highest BCUT2D eigenvalue weighted by molar-refractivity contribution is 7.89. The zero-order chi connectivity index (χ0) is 27.1. The average molecular weight is 525 g/mol. The number of carboxylic acids is 1. The lowest BCUT2D eigenvalue weighted by atomic mass is 9.95. The highest BCUT2D eigenvalue weighted by Gasteiger charge is 2.25. The quantitative estimate of drug-likeness (QED) is 0.306. The van der Waals surface area contributed by atoms with Crippen molar-refractivity contribution in [2.75, 3.05) is 20.1 Å². The van der Waals surface area contributed by atoms with Crippen LogP contribution < -0.4 is 5.32 Å². The van der Waals surface area contributed by atoms with Crippen molar-refractivity contribution >= 4 is 16.0 Å². The fourth-order valence-corrected chi connectivity index (χ4v) is 5.42. The number of likely N-dealkylation sites (N-methyl/N-ethyl adjacent to an activating group) is 1.